The van der Waals surface area contributed by atoms with Crippen molar-refractivity contribution in [1.29, 1.82) is 0 Å². The molecule has 1 unspecified atom stereocenters. The molecule has 1 saturated heterocycles. The van der Waals surface area contributed by atoms with Gasteiger partial charge in [-0.25, -0.2) is 0 Å². The number of hydrogen-bond donors (Lipinski definition) is 1. The molecule has 0 aliphatic carbocycles. The van der Waals surface area contributed by atoms with E-state index in [9.17, 15) is 9.59 Å². The Morgan fingerprint density at radius 1 is 1.11 bits per heavy atom. The molecule has 1 aliphatic heterocycles. The molecule has 142 valence electrons. The van der Waals surface area contributed by atoms with E-state index in [1.165, 1.54) is 16.9 Å². The van der Waals surface area contributed by atoms with Gasteiger partial charge in [0.15, 0.2) is 4.34 Å². The summed E-state index contributed by atoms with van der Waals surface area (Å²) in [6.07, 6.45) is 0.204. The van der Waals surface area contributed by atoms with Gasteiger partial charge in [0.2, 0.25) is 16.9 Å². The second-order valence-electron chi connectivity index (χ2n) is 6.38. The van der Waals surface area contributed by atoms with Crippen LogP contribution in [0.5, 0.6) is 0 Å². The van der Waals surface area contributed by atoms with E-state index in [2.05, 4.69) is 27.6 Å². The average molecular weight is 411 g/mol. The third-order valence-electron chi connectivity index (χ3n) is 4.41. The van der Waals surface area contributed by atoms with Crippen LogP contribution in [0, 0.1) is 5.92 Å². The number of thioether (sulfide) groups is 1. The molecule has 1 aromatic heterocycles. The van der Waals surface area contributed by atoms with Crippen LogP contribution in [0.4, 0.5) is 10.8 Å². The van der Waals surface area contributed by atoms with Crippen molar-refractivity contribution in [2.75, 3.05) is 16.8 Å². The zero-order valence-corrected chi connectivity index (χ0v) is 16.6. The topological polar surface area (TPSA) is 75.2 Å². The van der Waals surface area contributed by atoms with Gasteiger partial charge in [-0.3, -0.25) is 9.59 Å². The van der Waals surface area contributed by atoms with Crippen LogP contribution in [0.15, 0.2) is 65.0 Å². The molecule has 0 spiro atoms. The Morgan fingerprint density at radius 3 is 2.57 bits per heavy atom. The van der Waals surface area contributed by atoms with Crippen LogP contribution in [0.25, 0.3) is 0 Å². The number of rotatable bonds is 6. The molecule has 4 rings (SSSR count). The smallest absolute Gasteiger partial charge is 0.231 e. The molecular weight excluding hydrogens is 392 g/mol. The molecule has 1 atom stereocenters. The van der Waals surface area contributed by atoms with Gasteiger partial charge in [0.1, 0.15) is 0 Å². The van der Waals surface area contributed by atoms with Gasteiger partial charge in [-0.05, 0) is 17.7 Å². The number of benzene rings is 2. The summed E-state index contributed by atoms with van der Waals surface area (Å²) in [5, 5.41) is 11.5. The number of carbonyl (C=O) groups is 2. The second-order valence-corrected chi connectivity index (χ2v) is 8.58. The Bertz CT molecular complexity index is 963. The minimum atomic E-state index is -0.392. The number of hydrogen-bond acceptors (Lipinski definition) is 6. The maximum absolute atomic E-state index is 12.6. The van der Waals surface area contributed by atoms with Gasteiger partial charge >= 0.3 is 0 Å². The Balaban J connectivity index is 1.33. The fourth-order valence-electron chi connectivity index (χ4n) is 2.99. The number of carbonyl (C=O) groups excluding carboxylic acids is 2. The van der Waals surface area contributed by atoms with Gasteiger partial charge in [-0.15, -0.1) is 10.2 Å². The molecule has 1 aliphatic rings. The fraction of sp³-hybridized carbons (Fsp3) is 0.200. The quantitative estimate of drug-likeness (QED) is 0.494. The van der Waals surface area contributed by atoms with Crippen LogP contribution >= 0.6 is 23.1 Å². The minimum Gasteiger partial charge on any atom is -0.312 e. The Labute approximate surface area is 171 Å². The summed E-state index contributed by atoms with van der Waals surface area (Å²) in [5.74, 6) is 0.175. The van der Waals surface area contributed by atoms with E-state index < -0.39 is 5.92 Å². The number of anilines is 2. The Kier molecular flexibility index (Phi) is 5.68. The highest BCUT2D eigenvalue weighted by molar-refractivity contribution is 8.00. The van der Waals surface area contributed by atoms with Crippen molar-refractivity contribution in [2.24, 2.45) is 5.92 Å². The molecule has 3 aromatic rings. The van der Waals surface area contributed by atoms with E-state index in [-0.39, 0.29) is 18.2 Å². The van der Waals surface area contributed by atoms with Crippen LogP contribution in [-0.4, -0.2) is 28.6 Å². The van der Waals surface area contributed by atoms with Crippen molar-refractivity contribution in [1.82, 2.24) is 10.2 Å². The monoisotopic (exact) mass is 410 g/mol. The SMILES string of the molecule is O=C(Nc1nnc(SCc2ccccc2)s1)C1CC(=O)N(c2ccccc2)C1. The lowest BCUT2D eigenvalue weighted by molar-refractivity contribution is -0.122. The number of nitrogens with one attached hydrogen (secondary N) is 1. The Hall–Kier alpha value is -2.71. The highest BCUT2D eigenvalue weighted by Gasteiger charge is 2.35. The molecule has 6 nitrogen and oxygen atoms in total. The molecule has 0 saturated carbocycles. The van der Waals surface area contributed by atoms with Crippen molar-refractivity contribution in [3.8, 4) is 0 Å². The highest BCUT2D eigenvalue weighted by Crippen LogP contribution is 2.30. The van der Waals surface area contributed by atoms with Crippen molar-refractivity contribution < 1.29 is 9.59 Å². The first-order valence-electron chi connectivity index (χ1n) is 8.85. The summed E-state index contributed by atoms with van der Waals surface area (Å²) in [4.78, 5) is 26.5. The van der Waals surface area contributed by atoms with Gasteiger partial charge in [-0.1, -0.05) is 71.6 Å². The standard InChI is InChI=1S/C20H18N4O2S2/c25-17-11-15(12-24(17)16-9-5-2-6-10-16)18(26)21-19-22-23-20(28-19)27-13-14-7-3-1-4-8-14/h1-10,15H,11-13H2,(H,21,22,26). The minimum absolute atomic E-state index is 0.0391. The van der Waals surface area contributed by atoms with Gasteiger partial charge in [0.05, 0.1) is 5.92 Å². The van der Waals surface area contributed by atoms with Crippen molar-refractivity contribution in [2.45, 2.75) is 16.5 Å². The average Bonchev–Trinajstić information content (AvgIpc) is 3.34. The molecule has 2 amide bonds. The van der Waals surface area contributed by atoms with Crippen molar-refractivity contribution >= 4 is 45.7 Å². The van der Waals surface area contributed by atoms with E-state index in [1.807, 2.05) is 48.5 Å². The van der Waals surface area contributed by atoms with Gasteiger partial charge in [0, 0.05) is 24.4 Å². The van der Waals surface area contributed by atoms with Crippen LogP contribution in [-0.2, 0) is 15.3 Å². The molecule has 2 heterocycles. The van der Waals surface area contributed by atoms with Crippen molar-refractivity contribution in [3.63, 3.8) is 0 Å². The molecule has 1 N–H and O–H groups in total. The molecule has 8 heteroatoms. The van der Waals surface area contributed by atoms with Crippen LogP contribution in [0.2, 0.25) is 0 Å². The maximum atomic E-state index is 12.6. The van der Waals surface area contributed by atoms with E-state index in [4.69, 9.17) is 0 Å². The van der Waals surface area contributed by atoms with Crippen LogP contribution in [0.1, 0.15) is 12.0 Å². The van der Waals surface area contributed by atoms with E-state index in [0.29, 0.717) is 11.7 Å². The predicted molar refractivity (Wildman–Crippen MR) is 111 cm³/mol. The second kappa shape index (κ2) is 8.53. The Morgan fingerprint density at radius 2 is 1.82 bits per heavy atom. The fourth-order valence-corrected chi connectivity index (χ4v) is 4.70. The van der Waals surface area contributed by atoms with E-state index >= 15 is 0 Å². The number of amides is 2. The lowest BCUT2D eigenvalue weighted by Gasteiger charge is -2.16. The summed E-state index contributed by atoms with van der Waals surface area (Å²) in [6.45, 7) is 0.378. The lowest BCUT2D eigenvalue weighted by atomic mass is 10.1. The highest BCUT2D eigenvalue weighted by atomic mass is 32.2. The summed E-state index contributed by atoms with van der Waals surface area (Å²) < 4.78 is 0.799. The molecule has 28 heavy (non-hydrogen) atoms. The van der Waals surface area contributed by atoms with Crippen molar-refractivity contribution in [3.05, 3.63) is 66.2 Å². The first kappa shape index (κ1) is 18.6. The molecular formula is C20H18N4O2S2. The molecule has 0 radical (unpaired) electrons. The zero-order valence-electron chi connectivity index (χ0n) is 14.9. The third kappa shape index (κ3) is 4.40. The van der Waals surface area contributed by atoms with E-state index in [0.717, 1.165) is 15.8 Å². The summed E-state index contributed by atoms with van der Waals surface area (Å²) >= 11 is 2.93. The number of aromatic nitrogens is 2. The van der Waals surface area contributed by atoms with Crippen LogP contribution < -0.4 is 10.2 Å². The summed E-state index contributed by atoms with van der Waals surface area (Å²) in [5.41, 5.74) is 2.03. The van der Waals surface area contributed by atoms with Gasteiger partial charge < -0.3 is 10.2 Å². The number of para-hydroxylation sites is 1. The first-order chi connectivity index (χ1) is 13.7. The van der Waals surface area contributed by atoms with E-state index in [1.54, 1.807) is 16.7 Å². The maximum Gasteiger partial charge on any atom is 0.231 e. The molecule has 0 bridgehead atoms. The zero-order chi connectivity index (χ0) is 19.3. The largest absolute Gasteiger partial charge is 0.312 e. The summed E-state index contributed by atoms with van der Waals surface area (Å²) in [6, 6.07) is 19.5. The van der Waals surface area contributed by atoms with Gasteiger partial charge in [-0.2, -0.15) is 0 Å². The third-order valence-corrected chi connectivity index (χ3v) is 6.45. The number of nitrogens with zero attached hydrogens (tertiary/aromatic N) is 3. The predicted octanol–water partition coefficient (Wildman–Crippen LogP) is 3.82. The van der Waals surface area contributed by atoms with Crippen LogP contribution in [0.3, 0.4) is 0 Å². The first-order valence-corrected chi connectivity index (χ1v) is 10.7. The summed E-state index contributed by atoms with van der Waals surface area (Å²) in [7, 11) is 0. The van der Waals surface area contributed by atoms with Gasteiger partial charge in [0.25, 0.3) is 0 Å². The lowest BCUT2D eigenvalue weighted by Crippen LogP contribution is -2.28. The molecule has 1 fully saturated rings. The normalized spacial score (nSPS) is 16.4. The molecule has 2 aromatic carbocycles.